The average Bonchev–Trinajstić information content (AvgIpc) is 2.55. The van der Waals surface area contributed by atoms with Gasteiger partial charge in [-0.15, -0.1) is 0 Å². The number of non-ortho nitro benzene ring substituents is 2. The molecular formula is C13H9N5O6. The summed E-state index contributed by atoms with van der Waals surface area (Å²) in [4.78, 5) is 30.2. The minimum atomic E-state index is -0.780. The van der Waals surface area contributed by atoms with Crippen molar-refractivity contribution < 1.29 is 14.8 Å². The average molecular weight is 331 g/mol. The van der Waals surface area contributed by atoms with Gasteiger partial charge < -0.3 is 0 Å². The minimum absolute atomic E-state index is 0.0488. The van der Waals surface area contributed by atoms with E-state index in [2.05, 4.69) is 10.5 Å². The molecule has 0 atom stereocenters. The van der Waals surface area contributed by atoms with E-state index in [-0.39, 0.29) is 11.4 Å². The van der Waals surface area contributed by atoms with Gasteiger partial charge in [0.2, 0.25) is 0 Å². The molecule has 122 valence electrons. The molecule has 0 unspecified atom stereocenters. The number of nitrogens with one attached hydrogen (secondary N) is 1. The van der Waals surface area contributed by atoms with Gasteiger partial charge in [0.15, 0.2) is 0 Å². The van der Waals surface area contributed by atoms with Crippen molar-refractivity contribution in [3.8, 4) is 0 Å². The Hall–Kier alpha value is -3.89. The molecular weight excluding hydrogens is 322 g/mol. The van der Waals surface area contributed by atoms with Crippen LogP contribution in [0.2, 0.25) is 0 Å². The molecule has 2 aromatic carbocycles. The number of benzene rings is 2. The summed E-state index contributed by atoms with van der Waals surface area (Å²) < 4.78 is 0. The van der Waals surface area contributed by atoms with Gasteiger partial charge in [0.05, 0.1) is 27.1 Å². The lowest BCUT2D eigenvalue weighted by Crippen LogP contribution is -1.99. The minimum Gasteiger partial charge on any atom is -0.272 e. The van der Waals surface area contributed by atoms with Crippen LogP contribution in [0, 0.1) is 30.3 Å². The highest BCUT2D eigenvalue weighted by Crippen LogP contribution is 2.28. The van der Waals surface area contributed by atoms with Crippen LogP contribution in [0.4, 0.5) is 22.7 Å². The lowest BCUT2D eigenvalue weighted by Gasteiger charge is -2.02. The second-order valence-corrected chi connectivity index (χ2v) is 4.44. The zero-order valence-corrected chi connectivity index (χ0v) is 11.9. The Kier molecular flexibility index (Phi) is 4.75. The summed E-state index contributed by atoms with van der Waals surface area (Å²) in [5, 5.41) is 36.0. The number of hydrazone groups is 1. The number of nitrogens with zero attached hydrogens (tertiary/aromatic N) is 4. The normalized spacial score (nSPS) is 10.5. The fourth-order valence-electron chi connectivity index (χ4n) is 1.77. The second-order valence-electron chi connectivity index (χ2n) is 4.44. The molecule has 0 aromatic heterocycles. The summed E-state index contributed by atoms with van der Waals surface area (Å²) >= 11 is 0. The lowest BCUT2D eigenvalue weighted by atomic mass is 10.2. The van der Waals surface area contributed by atoms with Crippen LogP contribution in [0.15, 0.2) is 47.6 Å². The summed E-state index contributed by atoms with van der Waals surface area (Å²) in [6, 6.07) is 8.67. The maximum atomic E-state index is 11.0. The van der Waals surface area contributed by atoms with E-state index in [0.717, 1.165) is 18.2 Å². The molecule has 0 bridgehead atoms. The number of hydrogen-bond acceptors (Lipinski definition) is 8. The fourth-order valence-corrected chi connectivity index (χ4v) is 1.77. The SMILES string of the molecule is O=[N+]([O-])c1cccc(/C=N\Nc2ccc([N+](=O)[O-])cc2[N+](=O)[O-])c1. The molecule has 0 heterocycles. The van der Waals surface area contributed by atoms with E-state index in [4.69, 9.17) is 0 Å². The Bertz CT molecular complexity index is 850. The third-order valence-corrected chi connectivity index (χ3v) is 2.87. The number of rotatable bonds is 6. The second kappa shape index (κ2) is 6.91. The number of nitro benzene ring substituents is 3. The van der Waals surface area contributed by atoms with E-state index in [1.165, 1.54) is 24.4 Å². The highest BCUT2D eigenvalue weighted by Gasteiger charge is 2.19. The molecule has 24 heavy (non-hydrogen) atoms. The van der Waals surface area contributed by atoms with Crippen LogP contribution in [0.5, 0.6) is 0 Å². The van der Waals surface area contributed by atoms with Gasteiger partial charge in [-0.25, -0.2) is 0 Å². The van der Waals surface area contributed by atoms with Crippen molar-refractivity contribution in [2.24, 2.45) is 5.10 Å². The van der Waals surface area contributed by atoms with Gasteiger partial charge in [-0.2, -0.15) is 5.10 Å². The maximum Gasteiger partial charge on any atom is 0.301 e. The predicted octanol–water partition coefficient (Wildman–Crippen LogP) is 2.86. The van der Waals surface area contributed by atoms with Crippen molar-refractivity contribution in [3.05, 3.63) is 78.4 Å². The van der Waals surface area contributed by atoms with E-state index < -0.39 is 26.1 Å². The maximum absolute atomic E-state index is 11.0. The van der Waals surface area contributed by atoms with Crippen LogP contribution in [0.25, 0.3) is 0 Å². The highest BCUT2D eigenvalue weighted by atomic mass is 16.6. The molecule has 0 aliphatic rings. The van der Waals surface area contributed by atoms with Crippen LogP contribution in [-0.4, -0.2) is 21.0 Å². The molecule has 0 saturated heterocycles. The molecule has 1 N–H and O–H groups in total. The molecule has 0 amide bonds. The van der Waals surface area contributed by atoms with Crippen LogP contribution in [0.1, 0.15) is 5.56 Å². The van der Waals surface area contributed by atoms with Crippen LogP contribution in [-0.2, 0) is 0 Å². The third-order valence-electron chi connectivity index (χ3n) is 2.87. The molecule has 11 nitrogen and oxygen atoms in total. The number of nitro groups is 3. The fraction of sp³-hybridized carbons (Fsp3) is 0. The van der Waals surface area contributed by atoms with Crippen LogP contribution >= 0.6 is 0 Å². The van der Waals surface area contributed by atoms with Crippen molar-refractivity contribution >= 4 is 29.0 Å². The van der Waals surface area contributed by atoms with Gasteiger partial charge in [-0.1, -0.05) is 12.1 Å². The highest BCUT2D eigenvalue weighted by molar-refractivity contribution is 5.81. The first-order valence-corrected chi connectivity index (χ1v) is 6.35. The summed E-state index contributed by atoms with van der Waals surface area (Å²) in [5.74, 6) is 0. The van der Waals surface area contributed by atoms with Gasteiger partial charge in [0.1, 0.15) is 5.69 Å². The van der Waals surface area contributed by atoms with Gasteiger partial charge >= 0.3 is 5.69 Å². The standard InChI is InChI=1S/C13H9N5O6/c19-16(20)10-3-1-2-9(6-10)8-14-15-12-5-4-11(17(21)22)7-13(12)18(23)24/h1-8,15H/b14-8-. The topological polar surface area (TPSA) is 154 Å². The molecule has 0 fully saturated rings. The Morgan fingerprint density at radius 2 is 1.54 bits per heavy atom. The smallest absolute Gasteiger partial charge is 0.272 e. The quantitative estimate of drug-likeness (QED) is 0.484. The van der Waals surface area contributed by atoms with Crippen LogP contribution < -0.4 is 5.43 Å². The Morgan fingerprint density at radius 1 is 0.875 bits per heavy atom. The zero-order valence-electron chi connectivity index (χ0n) is 11.9. The van der Waals surface area contributed by atoms with E-state index in [9.17, 15) is 30.3 Å². The van der Waals surface area contributed by atoms with Crippen LogP contribution in [0.3, 0.4) is 0 Å². The summed E-state index contributed by atoms with van der Waals surface area (Å²) in [5.41, 5.74) is 1.69. The van der Waals surface area contributed by atoms with E-state index >= 15 is 0 Å². The predicted molar refractivity (Wildman–Crippen MR) is 84.1 cm³/mol. The van der Waals surface area contributed by atoms with Crippen molar-refractivity contribution in [2.75, 3.05) is 5.43 Å². The van der Waals surface area contributed by atoms with Gasteiger partial charge in [-0.3, -0.25) is 35.8 Å². The first-order chi connectivity index (χ1) is 11.4. The molecule has 0 radical (unpaired) electrons. The lowest BCUT2D eigenvalue weighted by molar-refractivity contribution is -0.393. The molecule has 0 aliphatic heterocycles. The summed E-state index contributed by atoms with van der Waals surface area (Å²) in [6.07, 6.45) is 1.23. The third kappa shape index (κ3) is 3.85. The van der Waals surface area contributed by atoms with E-state index in [1.54, 1.807) is 6.07 Å². The Balaban J connectivity index is 2.22. The number of anilines is 1. The first kappa shape index (κ1) is 16.5. The largest absolute Gasteiger partial charge is 0.301 e. The molecule has 0 aliphatic carbocycles. The summed E-state index contributed by atoms with van der Waals surface area (Å²) in [7, 11) is 0. The van der Waals surface area contributed by atoms with Gasteiger partial charge in [0.25, 0.3) is 11.4 Å². The Morgan fingerprint density at radius 3 is 2.17 bits per heavy atom. The van der Waals surface area contributed by atoms with Gasteiger partial charge in [0, 0.05) is 23.8 Å². The number of hydrogen-bond donors (Lipinski definition) is 1. The zero-order chi connectivity index (χ0) is 17.7. The molecule has 2 aromatic rings. The molecule has 2 rings (SSSR count). The Labute approximate surface area is 133 Å². The van der Waals surface area contributed by atoms with Crippen molar-refractivity contribution in [3.63, 3.8) is 0 Å². The van der Waals surface area contributed by atoms with Crippen molar-refractivity contribution in [1.29, 1.82) is 0 Å². The monoisotopic (exact) mass is 331 g/mol. The van der Waals surface area contributed by atoms with Crippen molar-refractivity contribution in [2.45, 2.75) is 0 Å². The summed E-state index contributed by atoms with van der Waals surface area (Å²) in [6.45, 7) is 0. The van der Waals surface area contributed by atoms with E-state index in [0.29, 0.717) is 5.56 Å². The molecule has 11 heteroatoms. The first-order valence-electron chi connectivity index (χ1n) is 6.35. The van der Waals surface area contributed by atoms with Crippen molar-refractivity contribution in [1.82, 2.24) is 0 Å². The van der Waals surface area contributed by atoms with Gasteiger partial charge in [-0.05, 0) is 6.07 Å². The molecule has 0 saturated carbocycles. The molecule has 0 spiro atoms. The van der Waals surface area contributed by atoms with E-state index in [1.807, 2.05) is 0 Å².